The van der Waals surface area contributed by atoms with Crippen LogP contribution in [0.1, 0.15) is 123 Å². The molecule has 0 aromatic rings. The Labute approximate surface area is 162 Å². The highest BCUT2D eigenvalue weighted by molar-refractivity contribution is 14.2. The van der Waals surface area contributed by atoms with Gasteiger partial charge in [-0.05, 0) is 30.7 Å². The first-order valence-electron chi connectivity index (χ1n) is 10.7. The molecule has 0 saturated carbocycles. The molecule has 140 valence electrons. The number of unbranched alkanes of at least 4 members (excludes halogenated alkanes) is 15. The zero-order valence-electron chi connectivity index (χ0n) is 16.3. The largest absolute Gasteiger partial charge is 0.0654 e. The van der Waals surface area contributed by atoms with Crippen LogP contribution in [0.4, 0.5) is 0 Å². The Kier molecular flexibility index (Phi) is 22.3. The van der Waals surface area contributed by atoms with Gasteiger partial charge in [-0.1, -0.05) is 132 Å². The third kappa shape index (κ3) is 21.1. The van der Waals surface area contributed by atoms with E-state index in [9.17, 15) is 0 Å². The minimum Gasteiger partial charge on any atom is -0.0654 e. The van der Waals surface area contributed by atoms with Gasteiger partial charge in [0.25, 0.3) is 0 Å². The van der Waals surface area contributed by atoms with E-state index in [1.54, 1.807) is 0 Å². The first-order chi connectivity index (χ1) is 11.3. The minimum atomic E-state index is 0.329. The zero-order valence-corrected chi connectivity index (χ0v) is 19.3. The lowest BCUT2D eigenvalue weighted by Crippen LogP contribution is -1.88. The summed E-state index contributed by atoms with van der Waals surface area (Å²) in [6.07, 6.45) is 28.0. The van der Waals surface area contributed by atoms with Crippen LogP contribution < -0.4 is 0 Å². The van der Waals surface area contributed by atoms with Gasteiger partial charge in [0, 0.05) is 0 Å². The first-order valence-corrected chi connectivity index (χ1v) is 15.2. The van der Waals surface area contributed by atoms with E-state index in [0.717, 1.165) is 0 Å². The molecular formula is C21H44IP. The molecule has 23 heavy (non-hydrogen) atoms. The number of halogens is 1. The third-order valence-corrected chi connectivity index (χ3v) is 9.26. The highest BCUT2D eigenvalue weighted by Gasteiger charge is 2.03. The normalized spacial score (nSPS) is 12.7. The second-order valence-corrected chi connectivity index (χ2v) is 13.1. The zero-order chi connectivity index (χ0) is 17.0. The maximum Gasteiger partial charge on any atom is -0.0235 e. The summed E-state index contributed by atoms with van der Waals surface area (Å²) >= 11 is 2.76. The summed E-state index contributed by atoms with van der Waals surface area (Å²) in [5, 5.41) is 0. The van der Waals surface area contributed by atoms with Gasteiger partial charge < -0.3 is 0 Å². The van der Waals surface area contributed by atoms with Gasteiger partial charge in [-0.15, -0.1) is 0 Å². The molecule has 0 aromatic carbocycles. The van der Waals surface area contributed by atoms with Crippen molar-refractivity contribution in [2.75, 3.05) is 12.3 Å². The summed E-state index contributed by atoms with van der Waals surface area (Å²) in [5.74, 6) is 0. The maximum absolute atomic E-state index is 2.76. The van der Waals surface area contributed by atoms with Gasteiger partial charge in [0.05, 0.1) is 0 Å². The van der Waals surface area contributed by atoms with Crippen molar-refractivity contribution in [3.8, 4) is 0 Å². The average molecular weight is 454 g/mol. The molecule has 0 bridgehead atoms. The highest BCUT2D eigenvalue weighted by Crippen LogP contribution is 2.46. The number of hydrogen-bond donors (Lipinski definition) is 0. The molecule has 0 aromatic heterocycles. The first kappa shape index (κ1) is 24.2. The van der Waals surface area contributed by atoms with E-state index in [4.69, 9.17) is 0 Å². The lowest BCUT2D eigenvalue weighted by molar-refractivity contribution is 0.555. The Hall–Kier alpha value is 1.16. The van der Waals surface area contributed by atoms with Gasteiger partial charge in [-0.3, -0.25) is 0 Å². The molecule has 0 aliphatic rings. The standard InChI is InChI=1S/C21H44IP/c1-3-5-7-9-11-12-13-14-15-17-19-21-23(22)20-18-16-10-8-6-4-2/h3-21H2,1-2H3. The van der Waals surface area contributed by atoms with Crippen molar-refractivity contribution in [3.05, 3.63) is 0 Å². The summed E-state index contributed by atoms with van der Waals surface area (Å²) in [6.45, 7) is 4.60. The molecule has 0 aliphatic carbocycles. The molecular weight excluding hydrogens is 410 g/mol. The van der Waals surface area contributed by atoms with E-state index in [1.165, 1.54) is 121 Å². The van der Waals surface area contributed by atoms with Gasteiger partial charge in [-0.25, -0.2) is 0 Å². The summed E-state index contributed by atoms with van der Waals surface area (Å²) in [5.41, 5.74) is 0.329. The molecule has 0 rings (SSSR count). The maximum atomic E-state index is 2.76. The van der Waals surface area contributed by atoms with Crippen LogP contribution in [0.3, 0.4) is 0 Å². The van der Waals surface area contributed by atoms with Crippen molar-refractivity contribution < 1.29 is 0 Å². The minimum absolute atomic E-state index is 0.329. The van der Waals surface area contributed by atoms with Gasteiger partial charge in [0.15, 0.2) is 0 Å². The second kappa shape index (κ2) is 21.2. The van der Waals surface area contributed by atoms with E-state index in [-0.39, 0.29) is 0 Å². The lowest BCUT2D eigenvalue weighted by Gasteiger charge is -2.10. The highest BCUT2D eigenvalue weighted by atomic mass is 127. The van der Waals surface area contributed by atoms with E-state index in [2.05, 4.69) is 35.9 Å². The van der Waals surface area contributed by atoms with Crippen molar-refractivity contribution in [1.29, 1.82) is 0 Å². The number of hydrogen-bond acceptors (Lipinski definition) is 0. The molecule has 0 amide bonds. The average Bonchev–Trinajstić information content (AvgIpc) is 2.56. The molecule has 1 unspecified atom stereocenters. The predicted molar refractivity (Wildman–Crippen MR) is 121 cm³/mol. The van der Waals surface area contributed by atoms with Crippen LogP contribution in [0.5, 0.6) is 0 Å². The molecule has 0 fully saturated rings. The topological polar surface area (TPSA) is 0 Å². The van der Waals surface area contributed by atoms with Crippen LogP contribution in [-0.4, -0.2) is 12.3 Å². The Balaban J connectivity index is 3.10. The molecule has 0 heterocycles. The monoisotopic (exact) mass is 454 g/mol. The Morgan fingerprint density at radius 3 is 1.00 bits per heavy atom. The van der Waals surface area contributed by atoms with Gasteiger partial charge in [-0.2, -0.15) is 0 Å². The fraction of sp³-hybridized carbons (Fsp3) is 1.00. The summed E-state index contributed by atoms with van der Waals surface area (Å²) in [7, 11) is 0. The second-order valence-electron chi connectivity index (χ2n) is 7.21. The molecule has 1 atom stereocenters. The van der Waals surface area contributed by atoms with Crippen LogP contribution in [0.2, 0.25) is 0 Å². The molecule has 0 N–H and O–H groups in total. The summed E-state index contributed by atoms with van der Waals surface area (Å²) < 4.78 is 0. The molecule has 0 nitrogen and oxygen atoms in total. The Morgan fingerprint density at radius 1 is 0.435 bits per heavy atom. The number of rotatable bonds is 19. The van der Waals surface area contributed by atoms with Crippen LogP contribution in [0.15, 0.2) is 0 Å². The van der Waals surface area contributed by atoms with E-state index in [0.29, 0.717) is 5.56 Å². The SMILES string of the molecule is CCCCCCCCCCCCCP(I)CCCCCCCC. The van der Waals surface area contributed by atoms with Crippen LogP contribution in [0.25, 0.3) is 0 Å². The fourth-order valence-electron chi connectivity index (χ4n) is 3.12. The third-order valence-electron chi connectivity index (χ3n) is 4.76. The van der Waals surface area contributed by atoms with Gasteiger partial charge in [0.1, 0.15) is 0 Å². The van der Waals surface area contributed by atoms with Crippen molar-refractivity contribution >= 4 is 27.6 Å². The Morgan fingerprint density at radius 2 is 0.696 bits per heavy atom. The van der Waals surface area contributed by atoms with E-state index in [1.807, 2.05) is 0 Å². The van der Waals surface area contributed by atoms with Crippen molar-refractivity contribution in [2.24, 2.45) is 0 Å². The molecule has 2 heteroatoms. The van der Waals surface area contributed by atoms with Gasteiger partial charge >= 0.3 is 0 Å². The molecule has 0 saturated heterocycles. The van der Waals surface area contributed by atoms with E-state index < -0.39 is 0 Å². The fourth-order valence-corrected chi connectivity index (χ4v) is 6.53. The summed E-state index contributed by atoms with van der Waals surface area (Å²) in [6, 6.07) is 0. The smallest absolute Gasteiger partial charge is 0.0235 e. The Bertz CT molecular complexity index is 208. The van der Waals surface area contributed by atoms with Crippen molar-refractivity contribution in [1.82, 2.24) is 0 Å². The van der Waals surface area contributed by atoms with Crippen LogP contribution in [-0.2, 0) is 0 Å². The molecule has 0 spiro atoms. The van der Waals surface area contributed by atoms with Gasteiger partial charge in [0.2, 0.25) is 0 Å². The quantitative estimate of drug-likeness (QED) is 0.104. The van der Waals surface area contributed by atoms with Crippen molar-refractivity contribution in [3.63, 3.8) is 0 Å². The summed E-state index contributed by atoms with van der Waals surface area (Å²) in [4.78, 5) is 0. The van der Waals surface area contributed by atoms with Crippen molar-refractivity contribution in [2.45, 2.75) is 123 Å². The van der Waals surface area contributed by atoms with Crippen LogP contribution >= 0.6 is 27.6 Å². The molecule has 0 aliphatic heterocycles. The predicted octanol–water partition coefficient (Wildman–Crippen LogP) is 9.49. The lowest BCUT2D eigenvalue weighted by atomic mass is 10.1. The van der Waals surface area contributed by atoms with Crippen LogP contribution in [0, 0.1) is 0 Å². The van der Waals surface area contributed by atoms with E-state index >= 15 is 0 Å². The molecule has 0 radical (unpaired) electrons.